The van der Waals surface area contributed by atoms with E-state index < -0.39 is 12.1 Å². The van der Waals surface area contributed by atoms with Crippen molar-refractivity contribution in [3.05, 3.63) is 58.7 Å². The number of hydrogen-bond acceptors (Lipinski definition) is 5. The lowest BCUT2D eigenvalue weighted by Gasteiger charge is -2.23. The zero-order valence-electron chi connectivity index (χ0n) is 14.9. The minimum atomic E-state index is -1.34. The highest BCUT2D eigenvalue weighted by molar-refractivity contribution is 9.10. The number of ether oxygens (including phenoxy) is 1. The monoisotopic (exact) mass is 416 g/mol. The third-order valence-electron chi connectivity index (χ3n) is 4.35. The van der Waals surface area contributed by atoms with Crippen molar-refractivity contribution in [1.82, 2.24) is 19.3 Å². The van der Waals surface area contributed by atoms with Crippen molar-refractivity contribution in [3.8, 4) is 0 Å². The molecule has 1 fully saturated rings. The number of likely N-dealkylation sites (tertiary alicyclic amines) is 1. The van der Waals surface area contributed by atoms with Gasteiger partial charge in [0.2, 0.25) is 0 Å². The van der Waals surface area contributed by atoms with Crippen molar-refractivity contribution in [3.63, 3.8) is 0 Å². The molecule has 1 atom stereocenters. The predicted octanol–water partition coefficient (Wildman–Crippen LogP) is 3.55. The third kappa shape index (κ3) is 3.01. The summed E-state index contributed by atoms with van der Waals surface area (Å²) in [6, 6.07) is 8.13. The van der Waals surface area contributed by atoms with Crippen LogP contribution in [0.1, 0.15) is 31.6 Å². The molecule has 3 aromatic rings. The summed E-state index contributed by atoms with van der Waals surface area (Å²) in [7, 11) is 0. The maximum Gasteiger partial charge on any atom is 0.410 e. The van der Waals surface area contributed by atoms with Crippen LogP contribution in [0.2, 0.25) is 0 Å². The first-order chi connectivity index (χ1) is 13.0. The average molecular weight is 417 g/mol. The summed E-state index contributed by atoms with van der Waals surface area (Å²) in [6.45, 7) is 0.597. The lowest BCUT2D eigenvalue weighted by molar-refractivity contribution is 0.0908. The van der Waals surface area contributed by atoms with Crippen LogP contribution in [0.15, 0.2) is 47.3 Å². The first-order valence-electron chi connectivity index (χ1n) is 8.77. The summed E-state index contributed by atoms with van der Waals surface area (Å²) in [5, 5.41) is 0. The third-order valence-corrected chi connectivity index (χ3v) is 4.90. The standard InChI is InChI=1S/C18H18BrN5O2/c19-15-14-16(20)21-8-10-24(14)17(22-15)13-7-4-9-23(13)18(25)26-11-12-5-2-1-3-6-12/h1-3,5-6,8,10,13H,4,7,9,11H2,(H2,20,21)/i13D. The van der Waals surface area contributed by atoms with E-state index in [4.69, 9.17) is 11.8 Å². The number of carbonyl (C=O) groups is 1. The summed E-state index contributed by atoms with van der Waals surface area (Å²) in [5.41, 5.74) is 7.43. The Morgan fingerprint density at radius 1 is 1.42 bits per heavy atom. The molecule has 2 aromatic heterocycles. The molecule has 7 nitrogen and oxygen atoms in total. The molecular weight excluding hydrogens is 398 g/mol. The Kier molecular flexibility index (Phi) is 4.18. The van der Waals surface area contributed by atoms with E-state index >= 15 is 0 Å². The highest BCUT2D eigenvalue weighted by Crippen LogP contribution is 2.35. The molecule has 1 aromatic carbocycles. The van der Waals surface area contributed by atoms with Gasteiger partial charge in [-0.15, -0.1) is 0 Å². The van der Waals surface area contributed by atoms with Gasteiger partial charge in [-0.2, -0.15) is 0 Å². The van der Waals surface area contributed by atoms with Crippen molar-refractivity contribution >= 4 is 33.4 Å². The smallest absolute Gasteiger partial charge is 0.410 e. The van der Waals surface area contributed by atoms with Gasteiger partial charge in [-0.25, -0.2) is 14.8 Å². The number of benzene rings is 1. The van der Waals surface area contributed by atoms with Crippen LogP contribution in [0.4, 0.5) is 10.6 Å². The summed E-state index contributed by atoms with van der Waals surface area (Å²) >= 11 is 3.39. The number of imidazole rings is 1. The largest absolute Gasteiger partial charge is 0.445 e. The van der Waals surface area contributed by atoms with Crippen LogP contribution >= 0.6 is 15.9 Å². The van der Waals surface area contributed by atoms with Gasteiger partial charge in [0.25, 0.3) is 0 Å². The van der Waals surface area contributed by atoms with E-state index in [9.17, 15) is 4.79 Å². The van der Waals surface area contributed by atoms with Gasteiger partial charge < -0.3 is 10.5 Å². The molecule has 3 heterocycles. The van der Waals surface area contributed by atoms with Gasteiger partial charge >= 0.3 is 6.09 Å². The fourth-order valence-electron chi connectivity index (χ4n) is 3.13. The van der Waals surface area contributed by atoms with Crippen molar-refractivity contribution < 1.29 is 10.9 Å². The van der Waals surface area contributed by atoms with Gasteiger partial charge in [-0.1, -0.05) is 30.3 Å². The maximum absolute atomic E-state index is 12.7. The molecule has 1 saturated heterocycles. The van der Waals surface area contributed by atoms with Crippen LogP contribution < -0.4 is 5.73 Å². The van der Waals surface area contributed by atoms with E-state index in [1.165, 1.54) is 4.90 Å². The fourth-order valence-corrected chi connectivity index (χ4v) is 3.69. The first-order valence-corrected chi connectivity index (χ1v) is 9.07. The van der Waals surface area contributed by atoms with Crippen LogP contribution in [-0.2, 0) is 11.3 Å². The van der Waals surface area contributed by atoms with Crippen LogP contribution in [0.25, 0.3) is 5.52 Å². The number of carbonyl (C=O) groups excluding carboxylic acids is 1. The van der Waals surface area contributed by atoms with Crippen molar-refractivity contribution in [2.24, 2.45) is 0 Å². The first kappa shape index (κ1) is 15.6. The van der Waals surface area contributed by atoms with Gasteiger partial charge in [0.05, 0.1) is 7.39 Å². The zero-order valence-corrected chi connectivity index (χ0v) is 15.5. The Morgan fingerprint density at radius 3 is 3.04 bits per heavy atom. The van der Waals surface area contributed by atoms with Crippen LogP contribution in [-0.4, -0.2) is 31.9 Å². The highest BCUT2D eigenvalue weighted by Gasteiger charge is 2.34. The molecule has 26 heavy (non-hydrogen) atoms. The number of aromatic nitrogens is 3. The second-order valence-corrected chi connectivity index (χ2v) is 6.75. The zero-order chi connectivity index (χ0) is 19.0. The molecule has 0 bridgehead atoms. The maximum atomic E-state index is 12.7. The normalized spacial score (nSPS) is 20.3. The number of rotatable bonds is 3. The van der Waals surface area contributed by atoms with Crippen molar-refractivity contribution in [2.75, 3.05) is 12.3 Å². The molecule has 2 N–H and O–H groups in total. The molecule has 134 valence electrons. The Morgan fingerprint density at radius 2 is 2.23 bits per heavy atom. The molecule has 0 spiro atoms. The number of nitrogen functional groups attached to an aromatic ring is 1. The number of amides is 1. The Labute approximate surface area is 160 Å². The quantitative estimate of drug-likeness (QED) is 0.705. The minimum absolute atomic E-state index is 0.162. The lowest BCUT2D eigenvalue weighted by atomic mass is 10.2. The molecular formula is C18H18BrN5O2. The minimum Gasteiger partial charge on any atom is -0.445 e. The van der Waals surface area contributed by atoms with Gasteiger partial charge in [-0.05, 0) is 34.3 Å². The molecule has 8 heteroatoms. The van der Waals surface area contributed by atoms with E-state index in [1.54, 1.807) is 16.8 Å². The fraction of sp³-hybridized carbons (Fsp3) is 0.278. The van der Waals surface area contributed by atoms with E-state index in [-0.39, 0.29) is 6.61 Å². The molecule has 0 saturated carbocycles. The summed E-state index contributed by atoms with van der Waals surface area (Å²) in [4.78, 5) is 22.7. The molecule has 4 rings (SSSR count). The SMILES string of the molecule is [2H]C1(c2nc(Br)c3c(N)nccn23)CCCN1C(=O)OCc1ccccc1. The number of anilines is 1. The number of fused-ring (bicyclic) bond motifs is 1. The lowest BCUT2D eigenvalue weighted by Crippen LogP contribution is -2.32. The van der Waals surface area contributed by atoms with Crippen LogP contribution in [0, 0.1) is 0 Å². The van der Waals surface area contributed by atoms with Crippen LogP contribution in [0.3, 0.4) is 0 Å². The number of hydrogen-bond donors (Lipinski definition) is 1. The molecule has 0 radical (unpaired) electrons. The Balaban J connectivity index is 1.64. The van der Waals surface area contributed by atoms with Gasteiger partial charge in [-0.3, -0.25) is 9.30 Å². The van der Waals surface area contributed by atoms with Gasteiger partial charge in [0.1, 0.15) is 22.6 Å². The topological polar surface area (TPSA) is 85.8 Å². The molecule has 1 aliphatic rings. The van der Waals surface area contributed by atoms with Gasteiger partial charge in [0, 0.05) is 18.9 Å². The van der Waals surface area contributed by atoms with Crippen LogP contribution in [0.5, 0.6) is 0 Å². The predicted molar refractivity (Wildman–Crippen MR) is 100 cm³/mol. The van der Waals surface area contributed by atoms with E-state index in [0.717, 1.165) is 5.56 Å². The second kappa shape index (κ2) is 6.95. The molecule has 1 amide bonds. The van der Waals surface area contributed by atoms with E-state index in [2.05, 4.69) is 25.9 Å². The van der Waals surface area contributed by atoms with Crippen molar-refractivity contribution in [1.29, 1.82) is 0 Å². The summed E-state index contributed by atoms with van der Waals surface area (Å²) in [6.07, 6.45) is 3.87. The molecule has 1 aliphatic heterocycles. The second-order valence-electron chi connectivity index (χ2n) is 6.00. The highest BCUT2D eigenvalue weighted by atomic mass is 79.9. The average Bonchev–Trinajstić information content (AvgIpc) is 3.23. The summed E-state index contributed by atoms with van der Waals surface area (Å²) in [5.74, 6) is 0.718. The number of nitrogens with two attached hydrogens (primary N) is 1. The molecule has 0 aliphatic carbocycles. The van der Waals surface area contributed by atoms with E-state index in [0.29, 0.717) is 41.1 Å². The number of halogens is 1. The number of nitrogens with zero attached hydrogens (tertiary/aromatic N) is 4. The summed E-state index contributed by atoms with van der Waals surface area (Å²) < 4.78 is 16.7. The Hall–Kier alpha value is -2.61. The van der Waals surface area contributed by atoms with E-state index in [1.807, 2.05) is 30.3 Å². The molecule has 1 unspecified atom stereocenters. The Bertz CT molecular complexity index is 996. The van der Waals surface area contributed by atoms with Gasteiger partial charge in [0.15, 0.2) is 5.82 Å². The van der Waals surface area contributed by atoms with Crippen molar-refractivity contribution in [2.45, 2.75) is 25.5 Å².